The first-order valence-corrected chi connectivity index (χ1v) is 10.6. The monoisotopic (exact) mass is 553 g/mol. The summed E-state index contributed by atoms with van der Waals surface area (Å²) in [5.41, 5.74) is 2.21. The van der Waals surface area contributed by atoms with Crippen LogP contribution in [-0.4, -0.2) is 68.3 Å². The van der Waals surface area contributed by atoms with E-state index in [1.807, 2.05) is 30.0 Å². The summed E-state index contributed by atoms with van der Waals surface area (Å²) in [7, 11) is 0. The molecule has 1 aromatic rings. The molecule has 2 aliphatic heterocycles. The predicted octanol–water partition coefficient (Wildman–Crippen LogP) is 3.17. The fraction of sp³-hybridized carbons (Fsp3) is 0.619. The number of likely N-dealkylation sites (tertiary alicyclic amines) is 1. The summed E-state index contributed by atoms with van der Waals surface area (Å²) in [6.45, 7) is 3.70. The van der Waals surface area contributed by atoms with Crippen LogP contribution >= 0.6 is 24.0 Å². The summed E-state index contributed by atoms with van der Waals surface area (Å²) in [4.78, 5) is 20.3. The van der Waals surface area contributed by atoms with Crippen LogP contribution in [0.4, 0.5) is 18.9 Å². The van der Waals surface area contributed by atoms with E-state index in [1.165, 1.54) is 10.5 Å². The number of rotatable bonds is 7. The number of guanidine groups is 1. The Labute approximate surface area is 198 Å². The number of nitrogens with zero attached hydrogens (tertiary/aromatic N) is 3. The first kappa shape index (κ1) is 25.7. The van der Waals surface area contributed by atoms with Crippen molar-refractivity contribution in [3.63, 3.8) is 0 Å². The number of hydrogen-bond donors (Lipinski definition) is 2. The number of benzene rings is 1. The minimum Gasteiger partial charge on any atom is -0.357 e. The third-order valence-corrected chi connectivity index (χ3v) is 5.37. The molecule has 2 heterocycles. The molecule has 0 aliphatic carbocycles. The van der Waals surface area contributed by atoms with Crippen molar-refractivity contribution in [1.29, 1.82) is 0 Å². The molecule has 174 valence electrons. The fourth-order valence-electron chi connectivity index (χ4n) is 4.01. The molecule has 6 nitrogen and oxygen atoms in total. The van der Waals surface area contributed by atoms with Gasteiger partial charge in [-0.3, -0.25) is 14.7 Å². The predicted molar refractivity (Wildman–Crippen MR) is 127 cm³/mol. The van der Waals surface area contributed by atoms with E-state index < -0.39 is 12.7 Å². The van der Waals surface area contributed by atoms with Crippen molar-refractivity contribution in [1.82, 2.24) is 15.5 Å². The normalized spacial score (nSPS) is 19.2. The molecule has 31 heavy (non-hydrogen) atoms. The van der Waals surface area contributed by atoms with Crippen molar-refractivity contribution < 1.29 is 18.0 Å². The molecule has 2 N–H and O–H groups in total. The highest BCUT2D eigenvalue weighted by atomic mass is 127. The highest BCUT2D eigenvalue weighted by Gasteiger charge is 2.34. The van der Waals surface area contributed by atoms with Gasteiger partial charge < -0.3 is 15.5 Å². The topological polar surface area (TPSA) is 60.0 Å². The molecule has 2 aliphatic rings. The molecule has 3 rings (SSSR count). The van der Waals surface area contributed by atoms with Gasteiger partial charge in [0.15, 0.2) is 5.96 Å². The van der Waals surface area contributed by atoms with E-state index in [0.29, 0.717) is 51.4 Å². The lowest BCUT2D eigenvalue weighted by Gasteiger charge is -2.20. The third-order valence-electron chi connectivity index (χ3n) is 5.37. The number of nitrogens with one attached hydrogen (secondary N) is 2. The van der Waals surface area contributed by atoms with Crippen molar-refractivity contribution in [2.45, 2.75) is 44.8 Å². The number of amides is 1. The van der Waals surface area contributed by atoms with Gasteiger partial charge in [0.05, 0.1) is 6.54 Å². The van der Waals surface area contributed by atoms with Crippen LogP contribution in [0, 0.1) is 0 Å². The summed E-state index contributed by atoms with van der Waals surface area (Å²) in [6.07, 6.45) is -1.59. The molecule has 0 saturated carbocycles. The second-order valence-corrected chi connectivity index (χ2v) is 7.77. The van der Waals surface area contributed by atoms with Crippen molar-refractivity contribution in [2.75, 3.05) is 44.2 Å². The van der Waals surface area contributed by atoms with Crippen LogP contribution in [0.25, 0.3) is 0 Å². The number of anilines is 1. The van der Waals surface area contributed by atoms with E-state index in [4.69, 9.17) is 0 Å². The van der Waals surface area contributed by atoms with Gasteiger partial charge in [0.1, 0.15) is 0 Å². The standard InChI is InChI=1S/C21H30F3N5O.HI/c1-2-25-20(27-17-10-12-28(14-17)15-21(22,23)24)26-11-5-8-19(30)29-13-9-16-6-3-4-7-18(16)29;/h3-4,6-7,17H,2,5,8-15H2,1H3,(H2,25,26,27);1H. The minimum atomic E-state index is -4.17. The van der Waals surface area contributed by atoms with E-state index in [-0.39, 0.29) is 35.9 Å². The van der Waals surface area contributed by atoms with Gasteiger partial charge in [0.2, 0.25) is 5.91 Å². The maximum absolute atomic E-state index is 12.6. The van der Waals surface area contributed by atoms with Crippen LogP contribution in [0.1, 0.15) is 31.7 Å². The van der Waals surface area contributed by atoms with Crippen LogP contribution in [0.15, 0.2) is 29.3 Å². The van der Waals surface area contributed by atoms with Crippen molar-refractivity contribution in [3.8, 4) is 0 Å². The second-order valence-electron chi connectivity index (χ2n) is 7.77. The van der Waals surface area contributed by atoms with E-state index in [1.54, 1.807) is 0 Å². The lowest BCUT2D eigenvalue weighted by molar-refractivity contribution is -0.143. The Bertz CT molecular complexity index is 759. The Morgan fingerprint density at radius 1 is 1.26 bits per heavy atom. The van der Waals surface area contributed by atoms with Gasteiger partial charge in [-0.25, -0.2) is 0 Å². The molecule has 1 amide bonds. The number of carbonyl (C=O) groups excluding carboxylic acids is 1. The van der Waals surface area contributed by atoms with E-state index >= 15 is 0 Å². The molecule has 1 fully saturated rings. The average Bonchev–Trinajstić information content (AvgIpc) is 3.30. The average molecular weight is 553 g/mol. The molecule has 0 spiro atoms. The second kappa shape index (κ2) is 11.9. The van der Waals surface area contributed by atoms with Crippen molar-refractivity contribution in [3.05, 3.63) is 29.8 Å². The first-order valence-electron chi connectivity index (χ1n) is 10.6. The highest BCUT2D eigenvalue weighted by Crippen LogP contribution is 2.28. The lowest BCUT2D eigenvalue weighted by atomic mass is 10.2. The minimum absolute atomic E-state index is 0. The SMILES string of the molecule is CCNC(=NCCCC(=O)N1CCc2ccccc21)NC1CCN(CC(F)(F)F)C1.I. The summed E-state index contributed by atoms with van der Waals surface area (Å²) in [6, 6.07) is 7.91. The van der Waals surface area contributed by atoms with Gasteiger partial charge in [-0.2, -0.15) is 13.2 Å². The largest absolute Gasteiger partial charge is 0.401 e. The molecule has 1 unspecified atom stereocenters. The molecular weight excluding hydrogens is 522 g/mol. The van der Waals surface area contributed by atoms with Crippen LogP contribution < -0.4 is 15.5 Å². The fourth-order valence-corrected chi connectivity index (χ4v) is 4.01. The quantitative estimate of drug-likeness (QED) is 0.236. The Kier molecular flexibility index (Phi) is 9.86. The smallest absolute Gasteiger partial charge is 0.357 e. The molecule has 1 saturated heterocycles. The summed E-state index contributed by atoms with van der Waals surface area (Å²) in [5, 5.41) is 6.36. The molecule has 10 heteroatoms. The molecule has 0 aromatic heterocycles. The van der Waals surface area contributed by atoms with Crippen LogP contribution in [-0.2, 0) is 11.2 Å². The Balaban J connectivity index is 0.00000341. The number of carbonyl (C=O) groups is 1. The Morgan fingerprint density at radius 2 is 2.03 bits per heavy atom. The van der Waals surface area contributed by atoms with Gasteiger partial charge in [-0.1, -0.05) is 18.2 Å². The third kappa shape index (κ3) is 7.81. The summed E-state index contributed by atoms with van der Waals surface area (Å²) < 4.78 is 37.7. The van der Waals surface area contributed by atoms with Crippen LogP contribution in [0.2, 0.25) is 0 Å². The van der Waals surface area contributed by atoms with Gasteiger partial charge in [0.25, 0.3) is 0 Å². The maximum Gasteiger partial charge on any atom is 0.401 e. The zero-order valence-corrected chi connectivity index (χ0v) is 20.1. The van der Waals surface area contributed by atoms with Gasteiger partial charge in [-0.05, 0) is 37.8 Å². The molecule has 1 aromatic carbocycles. The lowest BCUT2D eigenvalue weighted by Crippen LogP contribution is -2.45. The molecule has 0 radical (unpaired) electrons. The highest BCUT2D eigenvalue weighted by molar-refractivity contribution is 14.0. The Hall–Kier alpha value is -1.56. The number of alkyl halides is 3. The maximum atomic E-state index is 12.6. The van der Waals surface area contributed by atoms with Crippen molar-refractivity contribution in [2.24, 2.45) is 4.99 Å². The van der Waals surface area contributed by atoms with Gasteiger partial charge >= 0.3 is 6.18 Å². The zero-order valence-electron chi connectivity index (χ0n) is 17.7. The molecular formula is C21H31F3IN5O. The molecule has 1 atom stereocenters. The van der Waals surface area contributed by atoms with Crippen LogP contribution in [0.5, 0.6) is 0 Å². The summed E-state index contributed by atoms with van der Waals surface area (Å²) >= 11 is 0. The van der Waals surface area contributed by atoms with Gasteiger partial charge in [0, 0.05) is 50.9 Å². The number of para-hydroxylation sites is 1. The van der Waals surface area contributed by atoms with Crippen molar-refractivity contribution >= 4 is 41.5 Å². The summed E-state index contributed by atoms with van der Waals surface area (Å²) in [5.74, 6) is 0.696. The van der Waals surface area contributed by atoms with E-state index in [2.05, 4.69) is 21.7 Å². The molecule has 0 bridgehead atoms. The number of halogens is 4. The zero-order chi connectivity index (χ0) is 21.6. The van der Waals surface area contributed by atoms with E-state index in [0.717, 1.165) is 18.7 Å². The number of aliphatic imine (C=N–C) groups is 1. The van der Waals surface area contributed by atoms with Gasteiger partial charge in [-0.15, -0.1) is 24.0 Å². The first-order chi connectivity index (χ1) is 14.4. The van der Waals surface area contributed by atoms with E-state index in [9.17, 15) is 18.0 Å². The van der Waals surface area contributed by atoms with Crippen LogP contribution in [0.3, 0.4) is 0 Å². The number of hydrogen-bond acceptors (Lipinski definition) is 3. The number of fused-ring (bicyclic) bond motifs is 1. The Morgan fingerprint density at radius 3 is 2.77 bits per heavy atom.